The number of carbonyl (C=O) groups is 1. The fourth-order valence-corrected chi connectivity index (χ4v) is 2.14. The second-order valence-electron chi connectivity index (χ2n) is 4.64. The third kappa shape index (κ3) is 3.50. The Bertz CT molecular complexity index is 479. The Morgan fingerprint density at radius 1 is 1.74 bits per heavy atom. The highest BCUT2D eigenvalue weighted by molar-refractivity contribution is 5.76. The van der Waals surface area contributed by atoms with Crippen molar-refractivity contribution in [3.05, 3.63) is 22.1 Å². The fraction of sp³-hybridized carbons (Fsp3) is 0.636. The fourth-order valence-electron chi connectivity index (χ4n) is 2.14. The molecule has 0 aliphatic carbocycles. The molecule has 0 unspecified atom stereocenters. The van der Waals surface area contributed by atoms with Crippen LogP contribution in [0.5, 0.6) is 0 Å². The molecule has 1 aromatic heterocycles. The van der Waals surface area contributed by atoms with Gasteiger partial charge in [-0.15, -0.1) is 0 Å². The normalized spacial score (nSPS) is 19.1. The molecule has 1 aliphatic rings. The molecule has 1 aromatic rings. The van der Waals surface area contributed by atoms with Crippen molar-refractivity contribution in [2.45, 2.75) is 32.4 Å². The van der Waals surface area contributed by atoms with Gasteiger partial charge in [0, 0.05) is 19.5 Å². The molecular weight excluding hydrogens is 250 g/mol. The number of carbonyl (C=O) groups excluding carboxylic acids is 1. The van der Waals surface area contributed by atoms with Crippen molar-refractivity contribution in [3.8, 4) is 0 Å². The predicted molar refractivity (Wildman–Crippen MR) is 67.7 cm³/mol. The minimum absolute atomic E-state index is 0.0587. The SMILES string of the molecule is Cc1nc([N+](=O)[O-])cn1CC(=O)N[C@H]1CCCNC1. The number of imidazole rings is 1. The first-order chi connectivity index (χ1) is 9.06. The highest BCUT2D eigenvalue weighted by atomic mass is 16.6. The maximum absolute atomic E-state index is 11.9. The molecular formula is C11H17N5O3. The van der Waals surface area contributed by atoms with Crippen LogP contribution in [0.4, 0.5) is 5.82 Å². The lowest BCUT2D eigenvalue weighted by Gasteiger charge is -2.23. The number of hydrogen-bond donors (Lipinski definition) is 2. The van der Waals surface area contributed by atoms with Gasteiger partial charge in [-0.2, -0.15) is 0 Å². The number of nitrogens with one attached hydrogen (secondary N) is 2. The molecule has 2 heterocycles. The molecule has 1 atom stereocenters. The average molecular weight is 267 g/mol. The maximum Gasteiger partial charge on any atom is 0.381 e. The molecule has 1 aliphatic heterocycles. The summed E-state index contributed by atoms with van der Waals surface area (Å²) in [6, 6.07) is 0.139. The van der Waals surface area contributed by atoms with E-state index in [2.05, 4.69) is 15.6 Å². The topological polar surface area (TPSA) is 102 Å². The molecule has 8 heteroatoms. The van der Waals surface area contributed by atoms with Crippen LogP contribution >= 0.6 is 0 Å². The van der Waals surface area contributed by atoms with Crippen LogP contribution in [0.2, 0.25) is 0 Å². The minimum atomic E-state index is -0.563. The smallest absolute Gasteiger partial charge is 0.358 e. The van der Waals surface area contributed by atoms with Crippen molar-refractivity contribution < 1.29 is 9.72 Å². The predicted octanol–water partition coefficient (Wildman–Crippen LogP) is -0.0321. The Morgan fingerprint density at radius 3 is 3.11 bits per heavy atom. The summed E-state index contributed by atoms with van der Waals surface area (Å²) in [5.74, 6) is 0.0809. The van der Waals surface area contributed by atoms with Crippen LogP contribution < -0.4 is 10.6 Å². The molecule has 0 aromatic carbocycles. The zero-order valence-corrected chi connectivity index (χ0v) is 10.8. The van der Waals surface area contributed by atoms with E-state index in [9.17, 15) is 14.9 Å². The van der Waals surface area contributed by atoms with E-state index in [1.54, 1.807) is 6.92 Å². The highest BCUT2D eigenvalue weighted by Crippen LogP contribution is 2.10. The number of aryl methyl sites for hydroxylation is 1. The lowest BCUT2D eigenvalue weighted by Crippen LogP contribution is -2.46. The van der Waals surface area contributed by atoms with Gasteiger partial charge in [0.2, 0.25) is 11.7 Å². The second-order valence-corrected chi connectivity index (χ2v) is 4.64. The third-order valence-electron chi connectivity index (χ3n) is 3.13. The largest absolute Gasteiger partial charge is 0.381 e. The lowest BCUT2D eigenvalue weighted by molar-refractivity contribution is -0.389. The van der Waals surface area contributed by atoms with Gasteiger partial charge in [-0.05, 0) is 29.3 Å². The molecule has 104 valence electrons. The van der Waals surface area contributed by atoms with Crippen LogP contribution in [0.1, 0.15) is 18.7 Å². The number of aromatic nitrogens is 2. The standard InChI is InChI=1S/C11H17N5O3/c1-8-13-10(16(18)19)6-15(8)7-11(17)14-9-3-2-4-12-5-9/h6,9,12H,2-5,7H2,1H3,(H,14,17)/t9-/m0/s1. The number of rotatable bonds is 4. The van der Waals surface area contributed by atoms with E-state index < -0.39 is 4.92 Å². The van der Waals surface area contributed by atoms with Crippen molar-refractivity contribution in [1.82, 2.24) is 20.2 Å². The van der Waals surface area contributed by atoms with Crippen LogP contribution in [0.15, 0.2) is 6.20 Å². The molecule has 1 amide bonds. The Balaban J connectivity index is 1.92. The van der Waals surface area contributed by atoms with E-state index in [4.69, 9.17) is 0 Å². The van der Waals surface area contributed by atoms with Crippen molar-refractivity contribution >= 4 is 11.7 Å². The van der Waals surface area contributed by atoms with E-state index in [1.165, 1.54) is 10.8 Å². The van der Waals surface area contributed by atoms with Crippen LogP contribution in [-0.2, 0) is 11.3 Å². The lowest BCUT2D eigenvalue weighted by atomic mass is 10.1. The van der Waals surface area contributed by atoms with Gasteiger partial charge in [-0.25, -0.2) is 0 Å². The van der Waals surface area contributed by atoms with E-state index in [0.717, 1.165) is 25.9 Å². The van der Waals surface area contributed by atoms with E-state index in [1.807, 2.05) is 0 Å². The first-order valence-electron chi connectivity index (χ1n) is 6.24. The van der Waals surface area contributed by atoms with Crippen molar-refractivity contribution in [2.24, 2.45) is 0 Å². The molecule has 0 spiro atoms. The van der Waals surface area contributed by atoms with E-state index in [-0.39, 0.29) is 24.3 Å². The van der Waals surface area contributed by atoms with Gasteiger partial charge in [0.1, 0.15) is 12.7 Å². The zero-order valence-electron chi connectivity index (χ0n) is 10.8. The summed E-state index contributed by atoms with van der Waals surface area (Å²) < 4.78 is 1.49. The van der Waals surface area contributed by atoms with E-state index in [0.29, 0.717) is 5.82 Å². The average Bonchev–Trinajstić information content (AvgIpc) is 2.72. The summed E-state index contributed by atoms with van der Waals surface area (Å²) in [4.78, 5) is 25.7. The summed E-state index contributed by atoms with van der Waals surface area (Å²) in [6.45, 7) is 3.46. The van der Waals surface area contributed by atoms with Gasteiger partial charge in [0.05, 0.1) is 0 Å². The Labute approximate surface area is 110 Å². The molecule has 0 bridgehead atoms. The van der Waals surface area contributed by atoms with E-state index >= 15 is 0 Å². The molecule has 2 N–H and O–H groups in total. The Morgan fingerprint density at radius 2 is 2.53 bits per heavy atom. The maximum atomic E-state index is 11.9. The second kappa shape index (κ2) is 5.79. The summed E-state index contributed by atoms with van der Waals surface area (Å²) in [5.41, 5.74) is 0. The van der Waals surface area contributed by atoms with Crippen LogP contribution in [-0.4, -0.2) is 39.5 Å². The number of piperidine rings is 1. The highest BCUT2D eigenvalue weighted by Gasteiger charge is 2.19. The molecule has 19 heavy (non-hydrogen) atoms. The number of nitrogens with zero attached hydrogens (tertiary/aromatic N) is 3. The minimum Gasteiger partial charge on any atom is -0.358 e. The van der Waals surface area contributed by atoms with Gasteiger partial charge in [0.25, 0.3) is 0 Å². The first kappa shape index (κ1) is 13.5. The van der Waals surface area contributed by atoms with Crippen LogP contribution in [0.25, 0.3) is 0 Å². The Hall–Kier alpha value is -1.96. The molecule has 0 radical (unpaired) electrons. The first-order valence-corrected chi connectivity index (χ1v) is 6.24. The van der Waals surface area contributed by atoms with Crippen LogP contribution in [0.3, 0.4) is 0 Å². The van der Waals surface area contributed by atoms with Crippen molar-refractivity contribution in [3.63, 3.8) is 0 Å². The molecule has 0 saturated carbocycles. The van der Waals surface area contributed by atoms with Gasteiger partial charge in [0.15, 0.2) is 0 Å². The van der Waals surface area contributed by atoms with Gasteiger partial charge in [-0.3, -0.25) is 9.36 Å². The number of amides is 1. The molecule has 1 saturated heterocycles. The summed E-state index contributed by atoms with van der Waals surface area (Å²) in [7, 11) is 0. The summed E-state index contributed by atoms with van der Waals surface area (Å²) >= 11 is 0. The van der Waals surface area contributed by atoms with Crippen molar-refractivity contribution in [1.29, 1.82) is 0 Å². The third-order valence-corrected chi connectivity index (χ3v) is 3.13. The quantitative estimate of drug-likeness (QED) is 0.589. The van der Waals surface area contributed by atoms with Crippen molar-refractivity contribution in [2.75, 3.05) is 13.1 Å². The van der Waals surface area contributed by atoms with Gasteiger partial charge < -0.3 is 20.7 Å². The summed E-state index contributed by atoms with van der Waals surface area (Å²) in [6.07, 6.45) is 3.29. The monoisotopic (exact) mass is 267 g/mol. The number of nitro groups is 1. The summed E-state index contributed by atoms with van der Waals surface area (Å²) in [5, 5.41) is 16.7. The molecule has 1 fully saturated rings. The Kier molecular flexibility index (Phi) is 4.10. The zero-order chi connectivity index (χ0) is 13.8. The van der Waals surface area contributed by atoms with Crippen LogP contribution in [0, 0.1) is 17.0 Å². The number of hydrogen-bond acceptors (Lipinski definition) is 5. The molecule has 2 rings (SSSR count). The van der Waals surface area contributed by atoms with Gasteiger partial charge >= 0.3 is 5.82 Å². The molecule has 8 nitrogen and oxygen atoms in total. The van der Waals surface area contributed by atoms with Gasteiger partial charge in [-0.1, -0.05) is 0 Å².